The average Bonchev–Trinajstić information content (AvgIpc) is 2.81. The fourth-order valence-electron chi connectivity index (χ4n) is 2.36. The Morgan fingerprint density at radius 2 is 2.42 bits per heavy atom. The number of rotatable bonds is 3. The second-order valence-electron chi connectivity index (χ2n) is 4.79. The van der Waals surface area contributed by atoms with Crippen molar-refractivity contribution >= 4 is 33.3 Å². The molecule has 1 aliphatic rings. The van der Waals surface area contributed by atoms with Crippen LogP contribution in [0.2, 0.25) is 0 Å². The summed E-state index contributed by atoms with van der Waals surface area (Å²) in [6.07, 6.45) is 2.11. The van der Waals surface area contributed by atoms with Gasteiger partial charge in [0.25, 0.3) is 0 Å². The first-order valence-corrected chi connectivity index (χ1v) is 8.02. The van der Waals surface area contributed by atoms with E-state index in [0.29, 0.717) is 6.54 Å². The molecule has 0 aromatic carbocycles. The van der Waals surface area contributed by atoms with Gasteiger partial charge in [0.2, 0.25) is 0 Å². The molecule has 106 valence electrons. The van der Waals surface area contributed by atoms with Crippen molar-refractivity contribution in [1.29, 1.82) is 0 Å². The lowest BCUT2D eigenvalue weighted by Gasteiger charge is -2.37. The van der Waals surface area contributed by atoms with Crippen LogP contribution in [-0.2, 0) is 11.3 Å². The van der Waals surface area contributed by atoms with Crippen LogP contribution in [0, 0.1) is 0 Å². The summed E-state index contributed by atoms with van der Waals surface area (Å²) in [5.41, 5.74) is 0. The molecule has 1 N–H and O–H groups in total. The maximum Gasteiger partial charge on any atom is 0.317 e. The van der Waals surface area contributed by atoms with Crippen molar-refractivity contribution < 1.29 is 9.53 Å². The van der Waals surface area contributed by atoms with Gasteiger partial charge in [0.15, 0.2) is 0 Å². The summed E-state index contributed by atoms with van der Waals surface area (Å²) >= 11 is 5.07. The molecular weight excluding hydrogens is 328 g/mol. The Morgan fingerprint density at radius 1 is 1.63 bits per heavy atom. The Morgan fingerprint density at radius 3 is 3.00 bits per heavy atom. The summed E-state index contributed by atoms with van der Waals surface area (Å²) in [6.45, 7) is 3.43. The number of carbonyl (C=O) groups excluding carboxylic acids is 1. The van der Waals surface area contributed by atoms with E-state index in [2.05, 4.69) is 28.2 Å². The van der Waals surface area contributed by atoms with Crippen molar-refractivity contribution in [2.45, 2.75) is 38.5 Å². The first-order valence-electron chi connectivity index (χ1n) is 6.41. The zero-order valence-electron chi connectivity index (χ0n) is 11.2. The zero-order chi connectivity index (χ0) is 13.8. The Bertz CT molecular complexity index is 438. The van der Waals surface area contributed by atoms with E-state index in [9.17, 15) is 4.79 Å². The highest BCUT2D eigenvalue weighted by Crippen LogP contribution is 2.22. The quantitative estimate of drug-likeness (QED) is 0.912. The second kappa shape index (κ2) is 6.72. The molecule has 1 fully saturated rings. The predicted molar refractivity (Wildman–Crippen MR) is 80.5 cm³/mol. The van der Waals surface area contributed by atoms with Crippen molar-refractivity contribution in [3.63, 3.8) is 0 Å². The molecule has 0 aliphatic carbocycles. The third-order valence-corrected chi connectivity index (χ3v) is 5.09. The average molecular weight is 347 g/mol. The molecule has 4 nitrogen and oxygen atoms in total. The smallest absolute Gasteiger partial charge is 0.317 e. The van der Waals surface area contributed by atoms with Gasteiger partial charge >= 0.3 is 6.03 Å². The maximum absolute atomic E-state index is 12.2. The van der Waals surface area contributed by atoms with Gasteiger partial charge in [0, 0.05) is 24.6 Å². The summed E-state index contributed by atoms with van der Waals surface area (Å²) in [6, 6.07) is 4.27. The van der Waals surface area contributed by atoms with E-state index in [-0.39, 0.29) is 18.2 Å². The van der Waals surface area contributed by atoms with Gasteiger partial charge in [-0.05, 0) is 47.8 Å². The molecule has 0 unspecified atom stereocenters. The molecule has 1 aliphatic heterocycles. The highest BCUT2D eigenvalue weighted by Gasteiger charge is 2.28. The Hall–Kier alpha value is -0.590. The number of thiophene rings is 1. The van der Waals surface area contributed by atoms with Gasteiger partial charge in [-0.15, -0.1) is 11.3 Å². The number of carbonyl (C=O) groups is 1. The summed E-state index contributed by atoms with van der Waals surface area (Å²) in [5, 5.41) is 2.98. The van der Waals surface area contributed by atoms with Crippen LogP contribution in [-0.4, -0.2) is 36.7 Å². The van der Waals surface area contributed by atoms with E-state index in [1.54, 1.807) is 18.4 Å². The normalized spacial score (nSPS) is 23.4. The third kappa shape index (κ3) is 3.94. The number of methoxy groups -OCH3 is 1. The number of ether oxygens (including phenoxy) is 1. The fraction of sp³-hybridized carbons (Fsp3) is 0.615. The molecule has 1 aromatic heterocycles. The van der Waals surface area contributed by atoms with E-state index in [1.165, 1.54) is 0 Å². The van der Waals surface area contributed by atoms with Crippen molar-refractivity contribution in [2.24, 2.45) is 0 Å². The van der Waals surface area contributed by atoms with Crippen LogP contribution in [0.5, 0.6) is 0 Å². The van der Waals surface area contributed by atoms with Gasteiger partial charge in [-0.2, -0.15) is 0 Å². The molecule has 6 heteroatoms. The monoisotopic (exact) mass is 346 g/mol. The number of amides is 2. The zero-order valence-corrected chi connectivity index (χ0v) is 13.6. The Labute approximate surface area is 126 Å². The molecule has 19 heavy (non-hydrogen) atoms. The summed E-state index contributed by atoms with van der Waals surface area (Å²) in [4.78, 5) is 15.2. The van der Waals surface area contributed by atoms with Crippen LogP contribution in [0.15, 0.2) is 15.9 Å². The minimum absolute atomic E-state index is 0.0200. The van der Waals surface area contributed by atoms with Crippen LogP contribution >= 0.6 is 27.3 Å². The standard InChI is InChI=1S/C13H19BrN2O2S/c1-9-7-10(18-2)5-6-16(9)13(17)15-8-11-3-4-12(14)19-11/h3-4,9-10H,5-8H2,1-2H3,(H,15,17)/t9-,10-/m1/s1. The molecule has 0 radical (unpaired) electrons. The molecule has 2 heterocycles. The second-order valence-corrected chi connectivity index (χ2v) is 7.34. The summed E-state index contributed by atoms with van der Waals surface area (Å²) in [5.74, 6) is 0. The largest absolute Gasteiger partial charge is 0.381 e. The number of nitrogens with zero attached hydrogens (tertiary/aromatic N) is 1. The minimum atomic E-state index is 0.0200. The van der Waals surface area contributed by atoms with E-state index >= 15 is 0 Å². The number of nitrogens with one attached hydrogen (secondary N) is 1. The maximum atomic E-state index is 12.2. The van der Waals surface area contributed by atoms with Gasteiger partial charge in [0.1, 0.15) is 0 Å². The van der Waals surface area contributed by atoms with Gasteiger partial charge in [-0.25, -0.2) is 4.79 Å². The highest BCUT2D eigenvalue weighted by molar-refractivity contribution is 9.11. The van der Waals surface area contributed by atoms with E-state index < -0.39 is 0 Å². The SMILES string of the molecule is CO[C@@H]1CCN(C(=O)NCc2ccc(Br)s2)[C@H](C)C1. The molecule has 2 amide bonds. The molecular formula is C13H19BrN2O2S. The lowest BCUT2D eigenvalue weighted by Crippen LogP contribution is -2.50. The first-order chi connectivity index (χ1) is 9.10. The van der Waals surface area contributed by atoms with Crippen molar-refractivity contribution in [2.75, 3.05) is 13.7 Å². The lowest BCUT2D eigenvalue weighted by atomic mass is 10.0. The van der Waals surface area contributed by atoms with E-state index in [0.717, 1.165) is 28.0 Å². The van der Waals surface area contributed by atoms with Crippen molar-refractivity contribution in [1.82, 2.24) is 10.2 Å². The van der Waals surface area contributed by atoms with E-state index in [1.807, 2.05) is 17.0 Å². The topological polar surface area (TPSA) is 41.6 Å². The number of piperidine rings is 1. The number of likely N-dealkylation sites (tertiary alicyclic amines) is 1. The van der Waals surface area contributed by atoms with Crippen molar-refractivity contribution in [3.8, 4) is 0 Å². The molecule has 2 rings (SSSR count). The first kappa shape index (κ1) is 14.8. The lowest BCUT2D eigenvalue weighted by molar-refractivity contribution is 0.0293. The van der Waals surface area contributed by atoms with Gasteiger partial charge < -0.3 is 15.0 Å². The highest BCUT2D eigenvalue weighted by atomic mass is 79.9. The number of urea groups is 1. The number of hydrogen-bond donors (Lipinski definition) is 1. The van der Waals surface area contributed by atoms with E-state index in [4.69, 9.17) is 4.74 Å². The van der Waals surface area contributed by atoms with Crippen LogP contribution in [0.3, 0.4) is 0 Å². The van der Waals surface area contributed by atoms with Crippen molar-refractivity contribution in [3.05, 3.63) is 20.8 Å². The summed E-state index contributed by atoms with van der Waals surface area (Å²) < 4.78 is 6.45. The molecule has 1 aromatic rings. The van der Waals surface area contributed by atoms with Gasteiger partial charge in [0.05, 0.1) is 16.4 Å². The molecule has 2 atom stereocenters. The molecule has 1 saturated heterocycles. The van der Waals surface area contributed by atoms with Gasteiger partial charge in [-0.1, -0.05) is 0 Å². The van der Waals surface area contributed by atoms with Crippen LogP contribution in [0.25, 0.3) is 0 Å². The predicted octanol–water partition coefficient (Wildman–Crippen LogP) is 3.22. The minimum Gasteiger partial charge on any atom is -0.381 e. The molecule has 0 bridgehead atoms. The van der Waals surface area contributed by atoms with Gasteiger partial charge in [-0.3, -0.25) is 0 Å². The Kier molecular flexibility index (Phi) is 5.24. The third-order valence-electron chi connectivity index (χ3n) is 3.46. The fourth-order valence-corrected chi connectivity index (χ4v) is 3.78. The Balaban J connectivity index is 1.83. The number of hydrogen-bond acceptors (Lipinski definition) is 3. The number of halogens is 1. The van der Waals surface area contributed by atoms with Crippen LogP contribution in [0.1, 0.15) is 24.6 Å². The summed E-state index contributed by atoms with van der Waals surface area (Å²) in [7, 11) is 1.74. The molecule has 0 spiro atoms. The van der Waals surface area contributed by atoms with Crippen LogP contribution < -0.4 is 5.32 Å². The van der Waals surface area contributed by atoms with Crippen LogP contribution in [0.4, 0.5) is 4.79 Å². The molecule has 0 saturated carbocycles.